The fourth-order valence-electron chi connectivity index (χ4n) is 11.1. The molecule has 14 nitrogen and oxygen atoms in total. The predicted molar refractivity (Wildman–Crippen MR) is 279 cm³/mol. The Morgan fingerprint density at radius 1 is 0.838 bits per heavy atom. The van der Waals surface area contributed by atoms with Crippen LogP contribution in [0.4, 0.5) is 15.8 Å². The van der Waals surface area contributed by atoms with Crippen molar-refractivity contribution >= 4 is 29.1 Å². The number of ether oxygens (including phenoxy) is 3. The second-order valence-electron chi connectivity index (χ2n) is 20.2. The molecule has 2 fully saturated rings. The molecule has 0 saturated carbocycles. The lowest BCUT2D eigenvalue weighted by molar-refractivity contribution is -0.131. The highest BCUT2D eigenvalue weighted by Gasteiger charge is 2.36. The third-order valence-electron chi connectivity index (χ3n) is 15.6. The number of aromatic nitrogens is 2. The zero-order valence-corrected chi connectivity index (χ0v) is 42.7. The van der Waals surface area contributed by atoms with E-state index in [2.05, 4.69) is 35.2 Å². The van der Waals surface area contributed by atoms with Gasteiger partial charge >= 0.3 is 0 Å². The molecule has 1 unspecified atom stereocenters. The maximum atomic E-state index is 15.8. The van der Waals surface area contributed by atoms with Gasteiger partial charge < -0.3 is 43.2 Å². The number of amides is 3. The SMILES string of the molecule is Cc1c(N(C(=O)c2cc(-c3cc4c(cc3C(=O)N3Cc5ccccc5C[C@H]3CN3CCCCC3)CN(C(=O)Cc3ccc(OCCC5COCCO5)cc3F)CC4)n(C)c2C)c2ccc(O)cc2)cc(C#N)n1C. The Balaban J connectivity index is 0.993. The number of nitrogens with zero attached hydrogens (tertiary/aromatic N) is 7. The first-order valence-corrected chi connectivity index (χ1v) is 25.9. The van der Waals surface area contributed by atoms with Crippen molar-refractivity contribution in [2.45, 2.75) is 84.0 Å². The average molecular weight is 1000 g/mol. The minimum absolute atomic E-state index is 0.0485. The molecular formula is C59H64FN7O7. The number of fused-ring (bicyclic) bond motifs is 2. The van der Waals surface area contributed by atoms with Crippen molar-refractivity contribution < 1.29 is 38.1 Å². The van der Waals surface area contributed by atoms with E-state index in [-0.39, 0.29) is 54.1 Å². The molecule has 0 radical (unpaired) electrons. The molecule has 2 atom stereocenters. The Morgan fingerprint density at radius 2 is 1.62 bits per heavy atom. The summed E-state index contributed by atoms with van der Waals surface area (Å²) in [5, 5.41) is 20.2. The summed E-state index contributed by atoms with van der Waals surface area (Å²) in [4.78, 5) is 52.9. The van der Waals surface area contributed by atoms with Crippen molar-refractivity contribution in [1.82, 2.24) is 23.8 Å². The van der Waals surface area contributed by atoms with Crippen LogP contribution >= 0.6 is 0 Å². The molecule has 74 heavy (non-hydrogen) atoms. The minimum Gasteiger partial charge on any atom is -0.508 e. The van der Waals surface area contributed by atoms with Gasteiger partial charge in [0.25, 0.3) is 11.8 Å². The van der Waals surface area contributed by atoms with Crippen LogP contribution in [-0.2, 0) is 60.7 Å². The first-order valence-electron chi connectivity index (χ1n) is 25.9. The summed E-state index contributed by atoms with van der Waals surface area (Å²) < 4.78 is 36.3. The van der Waals surface area contributed by atoms with Gasteiger partial charge in [0.2, 0.25) is 5.91 Å². The Hall–Kier alpha value is -7.25. The van der Waals surface area contributed by atoms with E-state index < -0.39 is 5.82 Å². The lowest BCUT2D eigenvalue weighted by Crippen LogP contribution is -2.51. The van der Waals surface area contributed by atoms with Crippen LogP contribution < -0.4 is 9.64 Å². The molecule has 1 N–H and O–H groups in total. The van der Waals surface area contributed by atoms with Crippen LogP contribution in [0.5, 0.6) is 11.5 Å². The fraction of sp³-hybridized carbons (Fsp3) is 0.390. The summed E-state index contributed by atoms with van der Waals surface area (Å²) in [6.07, 6.45) is 5.10. The van der Waals surface area contributed by atoms with Gasteiger partial charge in [-0.2, -0.15) is 5.26 Å². The lowest BCUT2D eigenvalue weighted by atomic mass is 9.89. The summed E-state index contributed by atoms with van der Waals surface area (Å²) in [5.41, 5.74) is 9.45. The first-order chi connectivity index (χ1) is 35.8. The number of rotatable bonds is 13. The van der Waals surface area contributed by atoms with Gasteiger partial charge in [-0.15, -0.1) is 0 Å². The second-order valence-corrected chi connectivity index (χ2v) is 20.2. The quantitative estimate of drug-likeness (QED) is 0.120. The number of nitriles is 1. The number of piperidine rings is 1. The van der Waals surface area contributed by atoms with Crippen molar-refractivity contribution in [2.24, 2.45) is 14.1 Å². The summed E-state index contributed by atoms with van der Waals surface area (Å²) in [7, 11) is 3.68. The third kappa shape index (κ3) is 10.3. The van der Waals surface area contributed by atoms with E-state index in [0.29, 0.717) is 109 Å². The molecular weight excluding hydrogens is 938 g/mol. The number of benzene rings is 4. The summed E-state index contributed by atoms with van der Waals surface area (Å²) in [6.45, 7) is 9.51. The molecule has 0 aliphatic carbocycles. The smallest absolute Gasteiger partial charge is 0.264 e. The van der Waals surface area contributed by atoms with Gasteiger partial charge in [-0.3, -0.25) is 19.3 Å². The highest BCUT2D eigenvalue weighted by molar-refractivity contribution is 6.13. The van der Waals surface area contributed by atoms with E-state index >= 15 is 14.0 Å². The Kier molecular flexibility index (Phi) is 14.7. The van der Waals surface area contributed by atoms with Crippen molar-refractivity contribution in [1.29, 1.82) is 5.26 Å². The average Bonchev–Trinajstić information content (AvgIpc) is 3.88. The van der Waals surface area contributed by atoms with Gasteiger partial charge in [-0.1, -0.05) is 36.8 Å². The molecule has 10 rings (SSSR count). The van der Waals surface area contributed by atoms with Gasteiger partial charge in [0.05, 0.1) is 50.2 Å². The van der Waals surface area contributed by atoms with Crippen LogP contribution in [0.25, 0.3) is 11.3 Å². The molecule has 0 spiro atoms. The zero-order chi connectivity index (χ0) is 51.6. The number of anilines is 2. The molecule has 4 aliphatic heterocycles. The number of hydrogen-bond acceptors (Lipinski definition) is 9. The van der Waals surface area contributed by atoms with E-state index in [9.17, 15) is 15.2 Å². The zero-order valence-electron chi connectivity index (χ0n) is 42.7. The standard InChI is InChI=1S/C59H64FN7O7/c1-38-51(59(71)67(45-13-15-48(68)16-14-45)55-30-46(33-61)62(3)39(55)2)32-56(63(38)4)52-27-41-18-22-65(57(69)29-42-12-17-49(31-54(42)60)73-23-19-50-37-72-24-25-74-50)34-44(41)28-53(52)58(70)66-35-43-11-7-6-10-40(43)26-47(66)36-64-20-8-5-9-21-64/h6-7,10-17,27-28,30-32,47,50,68H,5,8-9,18-26,29,34-37H2,1-4H3/t47-,50?/m0/s1. The highest BCUT2D eigenvalue weighted by Crippen LogP contribution is 2.39. The second kappa shape index (κ2) is 21.7. The molecule has 3 amide bonds. The number of hydrogen-bond donors (Lipinski definition) is 1. The number of carbonyl (C=O) groups is 3. The number of phenolic OH excluding ortho intramolecular Hbond substituents is 1. The third-order valence-corrected chi connectivity index (χ3v) is 15.6. The van der Waals surface area contributed by atoms with E-state index in [4.69, 9.17) is 14.2 Å². The molecule has 6 heterocycles. The topological polar surface area (TPSA) is 146 Å². The number of phenols is 1. The number of likely N-dealkylation sites (tertiary alicyclic amines) is 1. The van der Waals surface area contributed by atoms with Gasteiger partial charge in [0.1, 0.15) is 29.1 Å². The largest absolute Gasteiger partial charge is 0.508 e. The number of aromatic hydroxyl groups is 1. The van der Waals surface area contributed by atoms with Crippen LogP contribution in [0.1, 0.15) is 91.3 Å². The van der Waals surface area contributed by atoms with Crippen LogP contribution in [0, 0.1) is 31.0 Å². The molecule has 384 valence electrons. The van der Waals surface area contributed by atoms with Crippen molar-refractivity contribution in [3.05, 3.63) is 153 Å². The van der Waals surface area contributed by atoms with Gasteiger partial charge in [-0.05, 0) is 135 Å². The number of carbonyl (C=O) groups excluding carboxylic acids is 3. The monoisotopic (exact) mass is 1000 g/mol. The Morgan fingerprint density at radius 3 is 2.35 bits per heavy atom. The fourth-order valence-corrected chi connectivity index (χ4v) is 11.1. The van der Waals surface area contributed by atoms with Crippen LogP contribution in [0.15, 0.2) is 91.0 Å². The van der Waals surface area contributed by atoms with E-state index in [1.165, 1.54) is 30.2 Å². The normalized spacial score (nSPS) is 17.8. The number of halogens is 1. The first kappa shape index (κ1) is 50.3. The van der Waals surface area contributed by atoms with Crippen LogP contribution in [0.2, 0.25) is 0 Å². The van der Waals surface area contributed by atoms with Crippen molar-refractivity contribution in [3.8, 4) is 28.8 Å². The van der Waals surface area contributed by atoms with Crippen molar-refractivity contribution in [3.63, 3.8) is 0 Å². The highest BCUT2D eigenvalue weighted by atomic mass is 19.1. The van der Waals surface area contributed by atoms with E-state index in [1.54, 1.807) is 51.7 Å². The maximum Gasteiger partial charge on any atom is 0.264 e. The Bertz CT molecular complexity index is 3130. The molecule has 4 aromatic carbocycles. The summed E-state index contributed by atoms with van der Waals surface area (Å²) in [6, 6.07) is 29.1. The van der Waals surface area contributed by atoms with Crippen LogP contribution in [0.3, 0.4) is 0 Å². The van der Waals surface area contributed by atoms with Crippen LogP contribution in [-0.4, -0.2) is 111 Å². The summed E-state index contributed by atoms with van der Waals surface area (Å²) >= 11 is 0. The predicted octanol–water partition coefficient (Wildman–Crippen LogP) is 8.71. The van der Waals surface area contributed by atoms with Gasteiger partial charge in [-0.25, -0.2) is 4.39 Å². The maximum absolute atomic E-state index is 15.8. The summed E-state index contributed by atoms with van der Waals surface area (Å²) in [5.74, 6) is -0.788. The molecule has 2 saturated heterocycles. The van der Waals surface area contributed by atoms with E-state index in [0.717, 1.165) is 55.6 Å². The lowest BCUT2D eigenvalue weighted by Gasteiger charge is -2.41. The minimum atomic E-state index is -0.516. The Labute approximate surface area is 432 Å². The molecule has 6 aromatic rings. The van der Waals surface area contributed by atoms with Gasteiger partial charge in [0.15, 0.2) is 0 Å². The molecule has 2 aromatic heterocycles. The molecule has 15 heteroatoms. The van der Waals surface area contributed by atoms with Gasteiger partial charge in [0, 0.05) is 92.7 Å². The molecule has 0 bridgehead atoms. The van der Waals surface area contributed by atoms with Crippen molar-refractivity contribution in [2.75, 3.05) is 57.5 Å². The van der Waals surface area contributed by atoms with E-state index in [1.807, 2.05) is 48.6 Å². The molecule has 4 aliphatic rings.